The van der Waals surface area contributed by atoms with Gasteiger partial charge < -0.3 is 9.64 Å². The quantitative estimate of drug-likeness (QED) is 0.781. The molecule has 3 atom stereocenters. The lowest BCUT2D eigenvalue weighted by Crippen LogP contribution is -2.49. The standard InChI is InChI=1S/C17H23NO2/c1-12(19)18-15-10-5-3-4-8-13(15)17(20-2)14-9-6-7-11-16(14)18/h6-7,9,11,13,15,17H,3-5,8,10H2,1-2H3. The molecule has 0 bridgehead atoms. The second kappa shape index (κ2) is 5.57. The minimum Gasteiger partial charge on any atom is -0.376 e. The number of benzene rings is 1. The van der Waals surface area contributed by atoms with Crippen molar-refractivity contribution in [3.05, 3.63) is 29.8 Å². The smallest absolute Gasteiger partial charge is 0.224 e. The van der Waals surface area contributed by atoms with Gasteiger partial charge in [0, 0.05) is 37.2 Å². The number of carbonyl (C=O) groups is 1. The van der Waals surface area contributed by atoms with E-state index in [1.54, 1.807) is 14.0 Å². The van der Waals surface area contributed by atoms with E-state index in [2.05, 4.69) is 12.1 Å². The van der Waals surface area contributed by atoms with Gasteiger partial charge in [-0.2, -0.15) is 0 Å². The number of rotatable bonds is 1. The number of methoxy groups -OCH3 is 1. The Morgan fingerprint density at radius 2 is 1.95 bits per heavy atom. The number of fused-ring (bicyclic) bond motifs is 2. The van der Waals surface area contributed by atoms with Crippen LogP contribution in [0.2, 0.25) is 0 Å². The molecule has 2 aliphatic rings. The predicted molar refractivity (Wildman–Crippen MR) is 79.7 cm³/mol. The van der Waals surface area contributed by atoms with Gasteiger partial charge >= 0.3 is 0 Å². The first-order valence-corrected chi connectivity index (χ1v) is 7.65. The number of hydrogen-bond donors (Lipinski definition) is 0. The maximum absolute atomic E-state index is 12.2. The molecule has 20 heavy (non-hydrogen) atoms. The van der Waals surface area contributed by atoms with Gasteiger partial charge in [-0.1, -0.05) is 37.5 Å². The lowest BCUT2D eigenvalue weighted by Gasteiger charge is -2.45. The molecule has 1 amide bonds. The maximum Gasteiger partial charge on any atom is 0.224 e. The summed E-state index contributed by atoms with van der Waals surface area (Å²) >= 11 is 0. The van der Waals surface area contributed by atoms with Crippen molar-refractivity contribution in [1.29, 1.82) is 0 Å². The molecule has 1 saturated carbocycles. The van der Waals surface area contributed by atoms with Gasteiger partial charge in [-0.3, -0.25) is 4.79 Å². The highest BCUT2D eigenvalue weighted by molar-refractivity contribution is 5.93. The molecule has 1 aromatic rings. The zero-order valence-electron chi connectivity index (χ0n) is 12.3. The van der Waals surface area contributed by atoms with Gasteiger partial charge in [-0.15, -0.1) is 0 Å². The molecule has 1 aliphatic heterocycles. The molecule has 3 unspecified atom stereocenters. The number of nitrogens with zero attached hydrogens (tertiary/aromatic N) is 1. The predicted octanol–water partition coefficient (Wildman–Crippen LogP) is 3.69. The fourth-order valence-corrected chi connectivity index (χ4v) is 4.05. The Balaban J connectivity index is 2.11. The molecule has 3 heteroatoms. The molecule has 0 aromatic heterocycles. The van der Waals surface area contributed by atoms with Crippen LogP contribution in [0.5, 0.6) is 0 Å². The van der Waals surface area contributed by atoms with E-state index in [-0.39, 0.29) is 12.0 Å². The lowest BCUT2D eigenvalue weighted by atomic mass is 9.80. The van der Waals surface area contributed by atoms with Crippen molar-refractivity contribution in [2.24, 2.45) is 5.92 Å². The summed E-state index contributed by atoms with van der Waals surface area (Å²) in [6, 6.07) is 8.53. The van der Waals surface area contributed by atoms with E-state index in [1.807, 2.05) is 17.0 Å². The van der Waals surface area contributed by atoms with E-state index >= 15 is 0 Å². The highest BCUT2D eigenvalue weighted by Crippen LogP contribution is 2.47. The van der Waals surface area contributed by atoms with Crippen molar-refractivity contribution in [2.45, 2.75) is 51.2 Å². The second-order valence-corrected chi connectivity index (χ2v) is 5.97. The van der Waals surface area contributed by atoms with E-state index in [9.17, 15) is 4.79 Å². The van der Waals surface area contributed by atoms with Gasteiger partial charge in [0.05, 0.1) is 6.10 Å². The number of ether oxygens (including phenoxy) is 1. The summed E-state index contributed by atoms with van der Waals surface area (Å²) in [7, 11) is 1.80. The summed E-state index contributed by atoms with van der Waals surface area (Å²) in [5.74, 6) is 0.588. The zero-order valence-corrected chi connectivity index (χ0v) is 12.3. The third-order valence-corrected chi connectivity index (χ3v) is 4.85. The van der Waals surface area contributed by atoms with Gasteiger partial charge in [0.1, 0.15) is 0 Å². The minimum atomic E-state index is 0.130. The first kappa shape index (κ1) is 13.6. The molecular weight excluding hydrogens is 250 g/mol. The number of amides is 1. The zero-order chi connectivity index (χ0) is 14.1. The number of carbonyl (C=O) groups excluding carboxylic acids is 1. The highest BCUT2D eigenvalue weighted by atomic mass is 16.5. The summed E-state index contributed by atoms with van der Waals surface area (Å²) in [5, 5.41) is 0. The summed E-state index contributed by atoms with van der Waals surface area (Å²) in [6.45, 7) is 1.69. The summed E-state index contributed by atoms with van der Waals surface area (Å²) in [5.41, 5.74) is 2.23. The molecule has 1 heterocycles. The van der Waals surface area contributed by atoms with E-state index in [4.69, 9.17) is 4.74 Å². The average Bonchev–Trinajstić information content (AvgIpc) is 2.69. The first-order chi connectivity index (χ1) is 9.74. The van der Waals surface area contributed by atoms with Crippen LogP contribution >= 0.6 is 0 Å². The molecule has 3 rings (SSSR count). The average molecular weight is 273 g/mol. The third kappa shape index (κ3) is 2.14. The van der Waals surface area contributed by atoms with Crippen molar-refractivity contribution >= 4 is 11.6 Å². The molecule has 0 radical (unpaired) electrons. The van der Waals surface area contributed by atoms with Gasteiger partial charge in [0.15, 0.2) is 0 Å². The van der Waals surface area contributed by atoms with Crippen LogP contribution in [0.4, 0.5) is 5.69 Å². The Bertz CT molecular complexity index is 500. The van der Waals surface area contributed by atoms with Crippen LogP contribution in [-0.4, -0.2) is 19.1 Å². The fourth-order valence-electron chi connectivity index (χ4n) is 4.05. The van der Waals surface area contributed by atoms with Gasteiger partial charge in [0.2, 0.25) is 5.91 Å². The Kier molecular flexibility index (Phi) is 3.79. The van der Waals surface area contributed by atoms with Crippen molar-refractivity contribution in [1.82, 2.24) is 0 Å². The monoisotopic (exact) mass is 273 g/mol. The molecule has 0 N–H and O–H groups in total. The Labute approximate surface area is 120 Å². The number of para-hydroxylation sites is 1. The van der Waals surface area contributed by atoms with Crippen LogP contribution in [0.25, 0.3) is 0 Å². The van der Waals surface area contributed by atoms with E-state index in [0.29, 0.717) is 12.0 Å². The molecule has 1 aliphatic carbocycles. The van der Waals surface area contributed by atoms with Crippen LogP contribution in [0.3, 0.4) is 0 Å². The largest absolute Gasteiger partial charge is 0.376 e. The summed E-state index contributed by atoms with van der Waals surface area (Å²) in [4.78, 5) is 14.2. The van der Waals surface area contributed by atoms with E-state index < -0.39 is 0 Å². The lowest BCUT2D eigenvalue weighted by molar-refractivity contribution is -0.118. The minimum absolute atomic E-state index is 0.130. The van der Waals surface area contributed by atoms with Gasteiger partial charge in [0.25, 0.3) is 0 Å². The number of anilines is 1. The maximum atomic E-state index is 12.2. The summed E-state index contributed by atoms with van der Waals surface area (Å²) in [6.07, 6.45) is 6.11. The molecule has 1 aromatic carbocycles. The van der Waals surface area contributed by atoms with Crippen molar-refractivity contribution in [3.63, 3.8) is 0 Å². The third-order valence-electron chi connectivity index (χ3n) is 4.85. The van der Waals surface area contributed by atoms with Gasteiger partial charge in [-0.25, -0.2) is 0 Å². The van der Waals surface area contributed by atoms with Crippen LogP contribution < -0.4 is 4.90 Å². The van der Waals surface area contributed by atoms with Crippen LogP contribution in [0.15, 0.2) is 24.3 Å². The van der Waals surface area contributed by atoms with Crippen molar-refractivity contribution in [2.75, 3.05) is 12.0 Å². The van der Waals surface area contributed by atoms with Gasteiger partial charge in [-0.05, 0) is 18.9 Å². The molecule has 3 nitrogen and oxygen atoms in total. The first-order valence-electron chi connectivity index (χ1n) is 7.65. The second-order valence-electron chi connectivity index (χ2n) is 5.97. The molecule has 0 spiro atoms. The molecule has 1 fully saturated rings. The van der Waals surface area contributed by atoms with Crippen LogP contribution in [0.1, 0.15) is 50.7 Å². The normalized spacial score (nSPS) is 29.3. The Hall–Kier alpha value is -1.35. The topological polar surface area (TPSA) is 29.5 Å². The van der Waals surface area contributed by atoms with Crippen molar-refractivity contribution in [3.8, 4) is 0 Å². The SMILES string of the molecule is COC1c2ccccc2N(C(C)=O)C2CCCCCC12. The molecule has 108 valence electrons. The van der Waals surface area contributed by atoms with E-state index in [1.165, 1.54) is 24.8 Å². The Morgan fingerprint density at radius 1 is 1.20 bits per heavy atom. The van der Waals surface area contributed by atoms with E-state index in [0.717, 1.165) is 18.5 Å². The van der Waals surface area contributed by atoms with Crippen molar-refractivity contribution < 1.29 is 9.53 Å². The van der Waals surface area contributed by atoms with Crippen LogP contribution in [-0.2, 0) is 9.53 Å². The van der Waals surface area contributed by atoms with Crippen LogP contribution in [0, 0.1) is 5.92 Å². The molecular formula is C17H23NO2. The highest BCUT2D eigenvalue weighted by Gasteiger charge is 2.42. The fraction of sp³-hybridized carbons (Fsp3) is 0.588. The Morgan fingerprint density at radius 3 is 2.70 bits per heavy atom. The summed E-state index contributed by atoms with van der Waals surface area (Å²) < 4.78 is 5.83. The molecule has 0 saturated heterocycles. The number of hydrogen-bond acceptors (Lipinski definition) is 2.